The highest BCUT2D eigenvalue weighted by Crippen LogP contribution is 2.27. The number of ether oxygens (including phenoxy) is 1. The third kappa shape index (κ3) is 3.75. The summed E-state index contributed by atoms with van der Waals surface area (Å²) < 4.78 is 8.13. The van der Waals surface area contributed by atoms with Gasteiger partial charge in [-0.25, -0.2) is 0 Å². The second kappa shape index (κ2) is 7.73. The second-order valence-corrected chi connectivity index (χ2v) is 7.83. The van der Waals surface area contributed by atoms with E-state index in [-0.39, 0.29) is 12.5 Å². The van der Waals surface area contributed by atoms with Crippen LogP contribution in [0.15, 0.2) is 45.9 Å². The number of amides is 1. The molecule has 1 heterocycles. The third-order valence-electron chi connectivity index (χ3n) is 3.81. The van der Waals surface area contributed by atoms with Crippen LogP contribution in [0.5, 0.6) is 0 Å². The summed E-state index contributed by atoms with van der Waals surface area (Å²) in [4.78, 5) is 29.1. The van der Waals surface area contributed by atoms with Crippen molar-refractivity contribution in [2.45, 2.75) is 13.5 Å². The van der Waals surface area contributed by atoms with Gasteiger partial charge in [0.05, 0.1) is 17.3 Å². The molecule has 134 valence electrons. The molecule has 3 aromatic rings. The summed E-state index contributed by atoms with van der Waals surface area (Å²) in [6, 6.07) is 10.6. The zero-order valence-corrected chi connectivity index (χ0v) is 17.1. The van der Waals surface area contributed by atoms with Crippen LogP contribution in [0, 0.1) is 6.92 Å². The Morgan fingerprint density at radius 2 is 2.08 bits per heavy atom. The van der Waals surface area contributed by atoms with Crippen molar-refractivity contribution in [3.8, 4) is 0 Å². The fourth-order valence-electron chi connectivity index (χ4n) is 2.51. The van der Waals surface area contributed by atoms with Gasteiger partial charge in [-0.15, -0.1) is 0 Å². The number of methoxy groups -OCH3 is 1. The number of hydrogen-bond donors (Lipinski definition) is 0. The average molecular weight is 454 g/mol. The Hall–Kier alpha value is -1.96. The van der Waals surface area contributed by atoms with Gasteiger partial charge in [0, 0.05) is 15.1 Å². The summed E-state index contributed by atoms with van der Waals surface area (Å²) in [5.41, 5.74) is 2.05. The zero-order chi connectivity index (χ0) is 18.8. The second-order valence-electron chi connectivity index (χ2n) is 5.49. The Bertz CT molecular complexity index is 1090. The third-order valence-corrected chi connectivity index (χ3v) is 5.76. The molecule has 0 spiro atoms. The molecule has 0 bridgehead atoms. The Kier molecular flexibility index (Phi) is 5.60. The van der Waals surface area contributed by atoms with Crippen LogP contribution in [-0.4, -0.2) is 23.6 Å². The molecule has 0 saturated carbocycles. The number of aryl methyl sites for hydroxylation is 1. The number of nitrogens with zero attached hydrogens (tertiary/aromatic N) is 2. The van der Waals surface area contributed by atoms with E-state index in [0.717, 1.165) is 20.3 Å². The lowest BCUT2D eigenvalue weighted by atomic mass is 10.2. The van der Waals surface area contributed by atoms with Crippen LogP contribution >= 0.6 is 38.9 Å². The predicted octanol–water partition coefficient (Wildman–Crippen LogP) is 4.34. The molecule has 0 radical (unpaired) electrons. The van der Waals surface area contributed by atoms with E-state index in [9.17, 15) is 9.59 Å². The molecule has 2 aromatic carbocycles. The molecule has 0 aliphatic heterocycles. The highest BCUT2D eigenvalue weighted by atomic mass is 79.9. The average Bonchev–Trinajstić information content (AvgIpc) is 2.96. The summed E-state index contributed by atoms with van der Waals surface area (Å²) in [5, 5.41) is 0.582. The lowest BCUT2D eigenvalue weighted by Gasteiger charge is -2.07. The van der Waals surface area contributed by atoms with Crippen molar-refractivity contribution in [3.63, 3.8) is 0 Å². The van der Waals surface area contributed by atoms with Crippen molar-refractivity contribution in [1.82, 2.24) is 4.57 Å². The van der Waals surface area contributed by atoms with Crippen LogP contribution in [0.2, 0.25) is 5.02 Å². The van der Waals surface area contributed by atoms with Gasteiger partial charge in [0.2, 0.25) is 0 Å². The molecule has 1 amide bonds. The minimum Gasteiger partial charge on any atom is -0.468 e. The van der Waals surface area contributed by atoms with Gasteiger partial charge in [0.15, 0.2) is 4.80 Å². The first kappa shape index (κ1) is 18.8. The molecule has 0 N–H and O–H groups in total. The Morgan fingerprint density at radius 3 is 2.77 bits per heavy atom. The molecular weight excluding hydrogens is 440 g/mol. The first-order valence-electron chi connectivity index (χ1n) is 7.60. The number of hydrogen-bond acceptors (Lipinski definition) is 4. The van der Waals surface area contributed by atoms with Crippen molar-refractivity contribution < 1.29 is 14.3 Å². The van der Waals surface area contributed by atoms with E-state index >= 15 is 0 Å². The first-order valence-corrected chi connectivity index (χ1v) is 9.59. The first-order chi connectivity index (χ1) is 12.4. The van der Waals surface area contributed by atoms with Gasteiger partial charge in [-0.1, -0.05) is 44.9 Å². The number of carbonyl (C=O) groups is 2. The van der Waals surface area contributed by atoms with Crippen LogP contribution in [0.4, 0.5) is 0 Å². The quantitative estimate of drug-likeness (QED) is 0.554. The van der Waals surface area contributed by atoms with Crippen LogP contribution in [0.1, 0.15) is 15.9 Å². The Labute approximate surface area is 167 Å². The van der Waals surface area contributed by atoms with E-state index in [1.165, 1.54) is 18.4 Å². The van der Waals surface area contributed by atoms with Gasteiger partial charge in [-0.05, 0) is 42.8 Å². The number of aromatic nitrogens is 1. The molecule has 0 atom stereocenters. The molecule has 26 heavy (non-hydrogen) atoms. The Balaban J connectivity index is 2.21. The summed E-state index contributed by atoms with van der Waals surface area (Å²) in [7, 11) is 1.32. The monoisotopic (exact) mass is 452 g/mol. The van der Waals surface area contributed by atoms with Gasteiger partial charge in [-0.3, -0.25) is 9.59 Å². The van der Waals surface area contributed by atoms with E-state index in [1.807, 2.05) is 19.1 Å². The summed E-state index contributed by atoms with van der Waals surface area (Å²) in [5.74, 6) is -0.819. The molecule has 0 unspecified atom stereocenters. The molecule has 1 aromatic heterocycles. The maximum atomic E-state index is 12.6. The molecule has 3 rings (SSSR count). The van der Waals surface area contributed by atoms with Crippen molar-refractivity contribution in [2.24, 2.45) is 4.99 Å². The lowest BCUT2D eigenvalue weighted by Crippen LogP contribution is -2.22. The summed E-state index contributed by atoms with van der Waals surface area (Å²) in [6.07, 6.45) is 0. The van der Waals surface area contributed by atoms with E-state index < -0.39 is 5.97 Å². The maximum Gasteiger partial charge on any atom is 0.325 e. The number of esters is 1. The predicted molar refractivity (Wildman–Crippen MR) is 106 cm³/mol. The largest absolute Gasteiger partial charge is 0.468 e. The standard InChI is InChI=1S/C18H14BrClN2O3S/c1-10-13(20)6-7-14-16(10)22(9-15(23)25-2)18(26-14)21-17(24)11-4-3-5-12(19)8-11/h3-8H,9H2,1-2H3. The number of thiazole rings is 1. The highest BCUT2D eigenvalue weighted by molar-refractivity contribution is 9.10. The number of benzene rings is 2. The minimum absolute atomic E-state index is 0.0533. The molecule has 0 fully saturated rings. The van der Waals surface area contributed by atoms with Crippen molar-refractivity contribution in [1.29, 1.82) is 0 Å². The Morgan fingerprint density at radius 1 is 1.31 bits per heavy atom. The topological polar surface area (TPSA) is 60.7 Å². The smallest absolute Gasteiger partial charge is 0.325 e. The summed E-state index contributed by atoms with van der Waals surface area (Å²) in [6.45, 7) is 1.81. The van der Waals surface area contributed by atoms with Crippen molar-refractivity contribution >= 4 is 61.0 Å². The van der Waals surface area contributed by atoms with Crippen LogP contribution < -0.4 is 4.80 Å². The zero-order valence-electron chi connectivity index (χ0n) is 14.0. The van der Waals surface area contributed by atoms with E-state index in [1.54, 1.807) is 28.8 Å². The van der Waals surface area contributed by atoms with E-state index in [4.69, 9.17) is 16.3 Å². The summed E-state index contributed by atoms with van der Waals surface area (Å²) >= 11 is 10.9. The van der Waals surface area contributed by atoms with Gasteiger partial charge in [0.25, 0.3) is 5.91 Å². The van der Waals surface area contributed by atoms with Gasteiger partial charge in [-0.2, -0.15) is 4.99 Å². The lowest BCUT2D eigenvalue weighted by molar-refractivity contribution is -0.141. The molecule has 0 saturated heterocycles. The number of fused-ring (bicyclic) bond motifs is 1. The fourth-order valence-corrected chi connectivity index (χ4v) is 4.15. The number of rotatable bonds is 3. The van der Waals surface area contributed by atoms with Crippen molar-refractivity contribution in [3.05, 3.63) is 61.8 Å². The fraction of sp³-hybridized carbons (Fsp3) is 0.167. The number of carbonyl (C=O) groups excluding carboxylic acids is 2. The van der Waals surface area contributed by atoms with Gasteiger partial charge >= 0.3 is 5.97 Å². The van der Waals surface area contributed by atoms with E-state index in [2.05, 4.69) is 20.9 Å². The van der Waals surface area contributed by atoms with Gasteiger partial charge in [0.1, 0.15) is 6.54 Å². The van der Waals surface area contributed by atoms with Crippen LogP contribution in [0.25, 0.3) is 10.2 Å². The van der Waals surface area contributed by atoms with Crippen LogP contribution in [0.3, 0.4) is 0 Å². The highest BCUT2D eigenvalue weighted by Gasteiger charge is 2.15. The molecule has 8 heteroatoms. The molecule has 0 aliphatic rings. The molecule has 0 aliphatic carbocycles. The SMILES string of the molecule is COC(=O)Cn1c(=NC(=O)c2cccc(Br)c2)sc2ccc(Cl)c(C)c21. The normalized spacial score (nSPS) is 11.8. The van der Waals surface area contributed by atoms with Crippen molar-refractivity contribution in [2.75, 3.05) is 7.11 Å². The van der Waals surface area contributed by atoms with Crippen LogP contribution in [-0.2, 0) is 16.1 Å². The molecule has 5 nitrogen and oxygen atoms in total. The molecular formula is C18H14BrClN2O3S. The minimum atomic E-state index is -0.430. The van der Waals surface area contributed by atoms with Gasteiger partial charge < -0.3 is 9.30 Å². The number of halogens is 2. The van der Waals surface area contributed by atoms with E-state index in [0.29, 0.717) is 15.4 Å². The maximum absolute atomic E-state index is 12.6.